The number of rotatable bonds is 15. The van der Waals surface area contributed by atoms with Crippen molar-refractivity contribution in [1.82, 2.24) is 56.4 Å². The average Bonchev–Trinajstić information content (AvgIpc) is 0.949. The number of halogens is 4. The van der Waals surface area contributed by atoms with Crippen LogP contribution in [0.2, 0.25) is 5.02 Å². The van der Waals surface area contributed by atoms with E-state index in [0.29, 0.717) is 55.6 Å². The Morgan fingerprint density at radius 1 is 0.849 bits per heavy atom. The van der Waals surface area contributed by atoms with Gasteiger partial charge in [-0.2, -0.15) is 13.2 Å². The third kappa shape index (κ3) is 22.7. The van der Waals surface area contributed by atoms with Crippen molar-refractivity contribution in [3.63, 3.8) is 0 Å². The van der Waals surface area contributed by atoms with E-state index in [1.165, 1.54) is 74.9 Å². The number of alkyl halides is 3. The second-order valence-corrected chi connectivity index (χ2v) is 30.4. The summed E-state index contributed by atoms with van der Waals surface area (Å²) in [5.74, 6) is 2.19. The Bertz CT molecular complexity index is 2540. The number of hydrogen-bond acceptors (Lipinski definition) is 13. The van der Waals surface area contributed by atoms with Crippen molar-refractivity contribution in [1.29, 1.82) is 0 Å². The van der Waals surface area contributed by atoms with Crippen molar-refractivity contribution in [3.8, 4) is 0 Å². The standard InChI is InChI=1S/C75H128ClF3N12O2/c1-14-43-93-51-70-57(9)85-68(55(7)15-2)47-84-67(44-53(3)4)56(8)83-48-69-71(73(92)89-39-22-17-23-40-89)59(11)91(69)72(54(5)6)58(10)86-74(33-20-21-34-74)52-81-37-36-80-35-32-62(30-28-61-29-31-65(66(76)46-61)75(77,78)79)82-38-42-87(12)49-64(45-60-25-18-16-19-26-60)88(13)50-63-27-24-41-90(63)70/h29,31-32,35,38,42,46,49-50,53-60,67-72,80-81,83-86H,14-28,30,33-34,36-37,39-41,43-45,47-48,51-52H2,1-13H3/t55-,56?,57?,58?,59?,67-,68+,69?,70+,71-,72-/m0/s1. The molecule has 7 rings (SSSR count). The molecule has 528 valence electrons. The van der Waals surface area contributed by atoms with Crippen LogP contribution in [0.1, 0.15) is 209 Å². The van der Waals surface area contributed by atoms with E-state index >= 15 is 0 Å². The molecule has 3 saturated heterocycles. The highest BCUT2D eigenvalue weighted by Crippen LogP contribution is 2.41. The van der Waals surface area contributed by atoms with Gasteiger partial charge in [0.25, 0.3) is 0 Å². The largest absolute Gasteiger partial charge is 0.417 e. The second-order valence-electron chi connectivity index (χ2n) is 30.0. The monoisotopic (exact) mass is 1320 g/mol. The third-order valence-electron chi connectivity index (χ3n) is 21.8. The molecule has 18 heteroatoms. The molecule has 1 spiro atoms. The lowest BCUT2D eigenvalue weighted by atomic mass is 9.74. The van der Waals surface area contributed by atoms with E-state index in [0.717, 1.165) is 134 Å². The number of amides is 1. The number of nitrogens with one attached hydrogen (secondary N) is 6. The molecule has 6 aliphatic rings. The van der Waals surface area contributed by atoms with Gasteiger partial charge in [-0.3, -0.25) is 14.7 Å². The highest BCUT2D eigenvalue weighted by Gasteiger charge is 2.55. The van der Waals surface area contributed by atoms with Crippen LogP contribution in [0, 0.1) is 29.6 Å². The SMILES string of the molecule is CCCOC[C@@H]1C(C)N[C@@H]([C@@H](C)CC)CN[C@@H](CC(C)C)C(C)NCC2[C@@H](C(=O)N3CCCCC3)C(C)N2[C@@H](C(C)C)C(C)NC2(CCCC2)CNCCNC=CC(CCc2ccc(C(F)(F)F)c(Cl)c2)=NC=CN(C)C=C(CC2CCCCC2)N(C)C=C2CCCN21. The first-order valence-electron chi connectivity index (χ1n) is 37.0. The van der Waals surface area contributed by atoms with Gasteiger partial charge >= 0.3 is 6.18 Å². The van der Waals surface area contributed by atoms with Crippen LogP contribution in [0.5, 0.6) is 0 Å². The topological polar surface area (TPSA) is 127 Å². The van der Waals surface area contributed by atoms with Crippen LogP contribution in [0.25, 0.3) is 0 Å². The van der Waals surface area contributed by atoms with Crippen LogP contribution in [0.4, 0.5) is 13.2 Å². The number of piperidine rings is 1. The molecule has 0 aromatic heterocycles. The molecule has 14 nitrogen and oxygen atoms in total. The third-order valence-corrected chi connectivity index (χ3v) is 22.1. The van der Waals surface area contributed by atoms with Gasteiger partial charge in [-0.15, -0.1) is 0 Å². The molecule has 5 fully saturated rings. The summed E-state index contributed by atoms with van der Waals surface area (Å²) in [6, 6.07) is 5.54. The fourth-order valence-corrected chi connectivity index (χ4v) is 16.7. The quantitative estimate of drug-likeness (QED) is 0.0936. The zero-order valence-electron chi connectivity index (χ0n) is 60.0. The smallest absolute Gasteiger partial charge is 0.390 e. The summed E-state index contributed by atoms with van der Waals surface area (Å²) in [5.41, 5.74) is 3.24. The number of ether oxygens (including phenoxy) is 1. The van der Waals surface area contributed by atoms with E-state index in [1.807, 2.05) is 24.7 Å². The van der Waals surface area contributed by atoms with Crippen molar-refractivity contribution in [2.45, 2.75) is 271 Å². The predicted molar refractivity (Wildman–Crippen MR) is 381 cm³/mol. The molecule has 6 N–H and O–H groups in total. The van der Waals surface area contributed by atoms with Gasteiger partial charge in [0.05, 0.1) is 29.2 Å². The number of fused-ring (bicyclic) bond motifs is 2. The molecule has 93 heavy (non-hydrogen) atoms. The maximum Gasteiger partial charge on any atom is 0.417 e. The first-order chi connectivity index (χ1) is 44.5. The van der Waals surface area contributed by atoms with E-state index in [-0.39, 0.29) is 70.9 Å². The number of carbonyl (C=O) groups excluding carboxylic acids is 1. The molecule has 11 atom stereocenters. The van der Waals surface area contributed by atoms with Gasteiger partial charge in [0.1, 0.15) is 0 Å². The van der Waals surface area contributed by atoms with Crippen molar-refractivity contribution in [2.24, 2.45) is 34.6 Å². The Kier molecular flexibility index (Phi) is 31.2. The fourth-order valence-electron chi connectivity index (χ4n) is 16.4. The summed E-state index contributed by atoms with van der Waals surface area (Å²) >= 11 is 6.22. The number of benzene rings is 1. The Morgan fingerprint density at radius 2 is 1.58 bits per heavy atom. The van der Waals surface area contributed by atoms with Gasteiger partial charge in [-0.1, -0.05) is 118 Å². The van der Waals surface area contributed by atoms with E-state index < -0.39 is 11.7 Å². The Labute approximate surface area is 567 Å². The van der Waals surface area contributed by atoms with Crippen LogP contribution < -0.4 is 31.9 Å². The molecule has 4 heterocycles. The molecular formula is C75H128ClF3N12O2. The van der Waals surface area contributed by atoms with Crippen molar-refractivity contribution >= 4 is 23.2 Å². The Hall–Kier alpha value is -3.68. The molecule has 0 bridgehead atoms. The maximum atomic E-state index is 14.9. The molecule has 1 aromatic carbocycles. The number of likely N-dealkylation sites (tertiary alicyclic amines) is 1. The summed E-state index contributed by atoms with van der Waals surface area (Å²) in [5, 5.41) is 24.0. The van der Waals surface area contributed by atoms with Gasteiger partial charge in [0, 0.05) is 169 Å². The van der Waals surface area contributed by atoms with E-state index in [9.17, 15) is 18.0 Å². The van der Waals surface area contributed by atoms with Crippen LogP contribution in [-0.4, -0.2) is 176 Å². The van der Waals surface area contributed by atoms with Gasteiger partial charge in [-0.05, 0) is 158 Å². The Balaban J connectivity index is 1.22. The first kappa shape index (κ1) is 76.7. The zero-order chi connectivity index (χ0) is 67.2. The van der Waals surface area contributed by atoms with E-state index in [1.54, 1.807) is 0 Å². The number of carbonyl (C=O) groups is 1. The van der Waals surface area contributed by atoms with E-state index in [4.69, 9.17) is 21.3 Å². The molecule has 4 aliphatic heterocycles. The summed E-state index contributed by atoms with van der Waals surface area (Å²) < 4.78 is 47.7. The number of aryl methyl sites for hydroxylation is 1. The van der Waals surface area contributed by atoms with Crippen LogP contribution in [-0.2, 0) is 22.1 Å². The fraction of sp³-hybridized carbons (Fsp3) is 0.787. The normalized spacial score (nSPS) is 29.3. The van der Waals surface area contributed by atoms with Gasteiger partial charge < -0.3 is 56.2 Å². The summed E-state index contributed by atoms with van der Waals surface area (Å²) in [6.45, 7) is 33.9. The lowest BCUT2D eigenvalue weighted by Gasteiger charge is -2.60. The lowest BCUT2D eigenvalue weighted by molar-refractivity contribution is -0.162. The number of hydrogen-bond donors (Lipinski definition) is 6. The second kappa shape index (κ2) is 37.9. The average molecular weight is 1320 g/mol. The van der Waals surface area contributed by atoms with Crippen LogP contribution >= 0.6 is 11.6 Å². The van der Waals surface area contributed by atoms with Crippen LogP contribution in [0.15, 0.2) is 71.7 Å². The molecule has 5 unspecified atom stereocenters. The lowest BCUT2D eigenvalue weighted by Crippen LogP contribution is -2.76. The number of aliphatic imine (C=N–C) groups is 1. The number of allylic oxidation sites excluding steroid dienone is 3. The highest BCUT2D eigenvalue weighted by molar-refractivity contribution is 6.31. The maximum absolute atomic E-state index is 14.9. The molecular weight excluding hydrogens is 1190 g/mol. The van der Waals surface area contributed by atoms with Crippen LogP contribution in [0.3, 0.4) is 0 Å². The predicted octanol–water partition coefficient (Wildman–Crippen LogP) is 13.7. The molecule has 1 amide bonds. The van der Waals surface area contributed by atoms with Gasteiger partial charge in [0.2, 0.25) is 5.91 Å². The van der Waals surface area contributed by atoms with Gasteiger partial charge in [-0.25, -0.2) is 0 Å². The van der Waals surface area contributed by atoms with Crippen molar-refractivity contribution in [2.75, 3.05) is 79.7 Å². The van der Waals surface area contributed by atoms with Gasteiger partial charge in [0.15, 0.2) is 0 Å². The minimum atomic E-state index is -4.52. The minimum Gasteiger partial charge on any atom is -0.390 e. The summed E-state index contributed by atoms with van der Waals surface area (Å²) in [7, 11) is 4.30. The molecule has 1 aromatic rings. The minimum absolute atomic E-state index is 0.0480. The Morgan fingerprint density at radius 3 is 2.26 bits per heavy atom. The highest BCUT2D eigenvalue weighted by atomic mass is 35.5. The first-order valence-corrected chi connectivity index (χ1v) is 37.4. The molecule has 0 radical (unpaired) electrons. The summed E-state index contributed by atoms with van der Waals surface area (Å²) in [4.78, 5) is 32.0. The summed E-state index contributed by atoms with van der Waals surface area (Å²) in [6.07, 6.45) is 29.3. The van der Waals surface area contributed by atoms with Crippen molar-refractivity contribution in [3.05, 3.63) is 82.8 Å². The van der Waals surface area contributed by atoms with E-state index in [2.05, 4.69) is 159 Å². The molecule has 2 aliphatic carbocycles. The number of nitrogens with zero attached hydrogens (tertiary/aromatic N) is 6. The zero-order valence-corrected chi connectivity index (χ0v) is 60.8. The molecule has 2 saturated carbocycles. The van der Waals surface area contributed by atoms with Crippen molar-refractivity contribution < 1.29 is 22.7 Å².